The molecular formula is C13H24N4O2S. The zero-order valence-corrected chi connectivity index (χ0v) is 13.2. The summed E-state index contributed by atoms with van der Waals surface area (Å²) in [4.78, 5) is 0.230. The molecule has 1 fully saturated rings. The van der Waals surface area contributed by atoms with Crippen LogP contribution in [0.5, 0.6) is 0 Å². The highest BCUT2D eigenvalue weighted by Crippen LogP contribution is 2.38. The molecule has 0 aromatic carbocycles. The van der Waals surface area contributed by atoms with Gasteiger partial charge in [0.15, 0.2) is 0 Å². The highest BCUT2D eigenvalue weighted by molar-refractivity contribution is 7.89. The van der Waals surface area contributed by atoms with E-state index in [0.717, 1.165) is 25.7 Å². The third kappa shape index (κ3) is 2.62. The first kappa shape index (κ1) is 15.5. The summed E-state index contributed by atoms with van der Waals surface area (Å²) in [6.45, 7) is 2.52. The lowest BCUT2D eigenvalue weighted by molar-refractivity contribution is 0.128. The molecule has 0 spiro atoms. The second-order valence-corrected chi connectivity index (χ2v) is 7.92. The fraction of sp³-hybridized carbons (Fsp3) is 0.769. The zero-order chi connectivity index (χ0) is 15.0. The number of hydrogen-bond acceptors (Lipinski definition) is 4. The van der Waals surface area contributed by atoms with Gasteiger partial charge in [0, 0.05) is 32.4 Å². The van der Waals surface area contributed by atoms with Crippen LogP contribution < -0.4 is 5.73 Å². The molecule has 2 atom stereocenters. The topological polar surface area (TPSA) is 81.2 Å². The lowest BCUT2D eigenvalue weighted by Crippen LogP contribution is -2.56. The van der Waals surface area contributed by atoms with Crippen LogP contribution in [-0.4, -0.2) is 41.6 Å². The minimum Gasteiger partial charge on any atom is -0.329 e. The molecule has 6 nitrogen and oxygen atoms in total. The van der Waals surface area contributed by atoms with Gasteiger partial charge in [0.05, 0.1) is 6.20 Å². The molecule has 1 aliphatic carbocycles. The Hall–Kier alpha value is -0.920. The Kier molecular flexibility index (Phi) is 4.22. The van der Waals surface area contributed by atoms with E-state index < -0.39 is 15.6 Å². The van der Waals surface area contributed by atoms with Gasteiger partial charge in [-0.15, -0.1) is 0 Å². The Balaban J connectivity index is 2.35. The summed E-state index contributed by atoms with van der Waals surface area (Å²) in [7, 11) is -0.187. The van der Waals surface area contributed by atoms with Crippen molar-refractivity contribution in [2.75, 3.05) is 13.6 Å². The quantitative estimate of drug-likeness (QED) is 0.897. The van der Waals surface area contributed by atoms with Crippen molar-refractivity contribution < 1.29 is 8.42 Å². The number of nitrogens with two attached hydrogens (primary N) is 1. The molecule has 0 amide bonds. The number of nitrogens with zero attached hydrogens (tertiary/aromatic N) is 3. The van der Waals surface area contributed by atoms with Crippen molar-refractivity contribution >= 4 is 10.0 Å². The summed E-state index contributed by atoms with van der Waals surface area (Å²) < 4.78 is 28.4. The molecule has 1 aromatic rings. The summed E-state index contributed by atoms with van der Waals surface area (Å²) in [6.07, 6.45) is 6.72. The first-order chi connectivity index (χ1) is 9.32. The van der Waals surface area contributed by atoms with Crippen LogP contribution in [0.4, 0.5) is 0 Å². The van der Waals surface area contributed by atoms with Gasteiger partial charge in [0.1, 0.15) is 4.90 Å². The molecule has 0 radical (unpaired) electrons. The zero-order valence-electron chi connectivity index (χ0n) is 12.4. The highest BCUT2D eigenvalue weighted by atomic mass is 32.2. The third-order valence-electron chi connectivity index (χ3n) is 4.46. The maximum atomic E-state index is 12.7. The van der Waals surface area contributed by atoms with Crippen molar-refractivity contribution in [2.24, 2.45) is 18.7 Å². The molecule has 0 bridgehead atoms. The van der Waals surface area contributed by atoms with Gasteiger partial charge in [-0.2, -0.15) is 9.40 Å². The van der Waals surface area contributed by atoms with Crippen molar-refractivity contribution in [3.05, 3.63) is 12.4 Å². The van der Waals surface area contributed by atoms with Crippen molar-refractivity contribution in [2.45, 2.75) is 43.0 Å². The van der Waals surface area contributed by atoms with E-state index in [9.17, 15) is 8.42 Å². The maximum absolute atomic E-state index is 12.7. The Labute approximate surface area is 121 Å². The average molecular weight is 300 g/mol. The summed E-state index contributed by atoms with van der Waals surface area (Å²) in [6, 6.07) is 0. The van der Waals surface area contributed by atoms with Gasteiger partial charge in [0.25, 0.3) is 0 Å². The first-order valence-electron chi connectivity index (χ1n) is 6.99. The van der Waals surface area contributed by atoms with Gasteiger partial charge in [-0.05, 0) is 18.8 Å². The van der Waals surface area contributed by atoms with E-state index in [-0.39, 0.29) is 4.90 Å². The average Bonchev–Trinajstić information content (AvgIpc) is 2.85. The van der Waals surface area contributed by atoms with E-state index in [1.165, 1.54) is 21.4 Å². The molecular weight excluding hydrogens is 276 g/mol. The molecule has 1 aliphatic rings. The second-order valence-electron chi connectivity index (χ2n) is 5.95. The number of likely N-dealkylation sites (N-methyl/N-ethyl adjacent to an activating group) is 1. The van der Waals surface area contributed by atoms with Crippen LogP contribution in [0.25, 0.3) is 0 Å². The summed E-state index contributed by atoms with van der Waals surface area (Å²) >= 11 is 0. The van der Waals surface area contributed by atoms with Gasteiger partial charge in [-0.3, -0.25) is 4.68 Å². The van der Waals surface area contributed by atoms with Crippen LogP contribution in [0.2, 0.25) is 0 Å². The number of sulfonamides is 1. The Bertz CT molecular complexity index is 569. The van der Waals surface area contributed by atoms with Crippen LogP contribution in [-0.2, 0) is 17.1 Å². The molecule has 1 aromatic heterocycles. The SMILES string of the molecule is CC1CCCC(CN)(N(C)S(=O)(=O)c2cnn(C)c2)C1. The van der Waals surface area contributed by atoms with Crippen molar-refractivity contribution in [1.82, 2.24) is 14.1 Å². The third-order valence-corrected chi connectivity index (χ3v) is 6.37. The summed E-state index contributed by atoms with van der Waals surface area (Å²) in [5.74, 6) is 0.499. The largest absolute Gasteiger partial charge is 0.329 e. The van der Waals surface area contributed by atoms with Crippen LogP contribution in [0.1, 0.15) is 32.6 Å². The molecule has 0 saturated heterocycles. The molecule has 7 heteroatoms. The van der Waals surface area contributed by atoms with E-state index in [0.29, 0.717) is 12.5 Å². The Morgan fingerprint density at radius 3 is 2.80 bits per heavy atom. The summed E-state index contributed by atoms with van der Waals surface area (Å²) in [5, 5.41) is 3.95. The Morgan fingerprint density at radius 2 is 2.30 bits per heavy atom. The number of aromatic nitrogens is 2. The van der Waals surface area contributed by atoms with Crippen LogP contribution in [0, 0.1) is 5.92 Å². The lowest BCUT2D eigenvalue weighted by Gasteiger charge is -2.44. The van der Waals surface area contributed by atoms with Gasteiger partial charge < -0.3 is 5.73 Å². The molecule has 2 N–H and O–H groups in total. The molecule has 2 unspecified atom stereocenters. The monoisotopic (exact) mass is 300 g/mol. The van der Waals surface area contributed by atoms with Crippen molar-refractivity contribution in [1.29, 1.82) is 0 Å². The number of rotatable bonds is 4. The molecule has 114 valence electrons. The van der Waals surface area contributed by atoms with Crippen molar-refractivity contribution in [3.8, 4) is 0 Å². The normalized spacial score (nSPS) is 27.9. The fourth-order valence-corrected chi connectivity index (χ4v) is 4.71. The van der Waals surface area contributed by atoms with Gasteiger partial charge in [-0.1, -0.05) is 19.8 Å². The molecule has 2 rings (SSSR count). The molecule has 20 heavy (non-hydrogen) atoms. The maximum Gasteiger partial charge on any atom is 0.246 e. The molecule has 0 aliphatic heterocycles. The van der Waals surface area contributed by atoms with E-state index in [1.807, 2.05) is 0 Å². The molecule has 1 heterocycles. The smallest absolute Gasteiger partial charge is 0.246 e. The summed E-state index contributed by atoms with van der Waals surface area (Å²) in [5.41, 5.74) is 5.49. The predicted molar refractivity (Wildman–Crippen MR) is 77.6 cm³/mol. The van der Waals surface area contributed by atoms with Crippen LogP contribution in [0.15, 0.2) is 17.3 Å². The van der Waals surface area contributed by atoms with Crippen LogP contribution in [0.3, 0.4) is 0 Å². The van der Waals surface area contributed by atoms with E-state index in [1.54, 1.807) is 14.1 Å². The van der Waals surface area contributed by atoms with E-state index >= 15 is 0 Å². The minimum absolute atomic E-state index is 0.230. The first-order valence-corrected chi connectivity index (χ1v) is 8.43. The van der Waals surface area contributed by atoms with Crippen LogP contribution >= 0.6 is 0 Å². The van der Waals surface area contributed by atoms with Gasteiger partial charge in [0.2, 0.25) is 10.0 Å². The number of hydrogen-bond donors (Lipinski definition) is 1. The van der Waals surface area contributed by atoms with E-state index in [4.69, 9.17) is 5.73 Å². The second kappa shape index (κ2) is 5.46. The standard InChI is InChI=1S/C13H24N4O2S/c1-11-5-4-6-13(7-11,10-14)17(3)20(18,19)12-8-15-16(2)9-12/h8-9,11H,4-7,10,14H2,1-3H3. The van der Waals surface area contributed by atoms with Crippen molar-refractivity contribution in [3.63, 3.8) is 0 Å². The van der Waals surface area contributed by atoms with Gasteiger partial charge in [-0.25, -0.2) is 8.42 Å². The number of aryl methyl sites for hydroxylation is 1. The highest BCUT2D eigenvalue weighted by Gasteiger charge is 2.43. The van der Waals surface area contributed by atoms with Gasteiger partial charge >= 0.3 is 0 Å². The molecule has 1 saturated carbocycles. The van der Waals surface area contributed by atoms with E-state index in [2.05, 4.69) is 12.0 Å². The predicted octanol–water partition coefficient (Wildman–Crippen LogP) is 0.948. The minimum atomic E-state index is -3.54. The fourth-order valence-electron chi connectivity index (χ4n) is 3.18. The lowest BCUT2D eigenvalue weighted by atomic mass is 9.76. The Morgan fingerprint density at radius 1 is 1.60 bits per heavy atom.